The Morgan fingerprint density at radius 1 is 1.22 bits per heavy atom. The number of hydrogen-bond donors (Lipinski definition) is 1. The molecular weight excluding hydrogens is 296 g/mol. The van der Waals surface area contributed by atoms with Gasteiger partial charge in [-0.1, -0.05) is 6.07 Å². The van der Waals surface area contributed by atoms with Crippen molar-refractivity contribution in [2.75, 3.05) is 30.5 Å². The van der Waals surface area contributed by atoms with E-state index in [0.29, 0.717) is 35.8 Å². The Morgan fingerprint density at radius 2 is 2.00 bits per heavy atom. The fourth-order valence-electron chi connectivity index (χ4n) is 2.32. The summed E-state index contributed by atoms with van der Waals surface area (Å²) in [6.45, 7) is 0.908. The fourth-order valence-corrected chi connectivity index (χ4v) is 2.32. The largest absolute Gasteiger partial charge is 0.497 e. The van der Waals surface area contributed by atoms with Gasteiger partial charge in [-0.15, -0.1) is 0 Å². The Labute approximate surface area is 133 Å². The maximum Gasteiger partial charge on any atom is 0.414 e. The highest BCUT2D eigenvalue weighted by Crippen LogP contribution is 2.21. The summed E-state index contributed by atoms with van der Waals surface area (Å²) in [4.78, 5) is 25.3. The van der Waals surface area contributed by atoms with Crippen molar-refractivity contribution in [2.24, 2.45) is 0 Å². The molecule has 0 saturated carbocycles. The van der Waals surface area contributed by atoms with E-state index < -0.39 is 0 Å². The molecule has 1 aliphatic heterocycles. The third-order valence-corrected chi connectivity index (χ3v) is 3.53. The zero-order chi connectivity index (χ0) is 16.2. The van der Waals surface area contributed by atoms with Gasteiger partial charge in [0.2, 0.25) is 0 Å². The van der Waals surface area contributed by atoms with Gasteiger partial charge < -0.3 is 14.8 Å². The molecular formula is C17H16N2O4. The highest BCUT2D eigenvalue weighted by Gasteiger charge is 2.23. The Hall–Kier alpha value is -3.02. The quantitative estimate of drug-likeness (QED) is 0.942. The molecule has 3 rings (SSSR count). The summed E-state index contributed by atoms with van der Waals surface area (Å²) in [7, 11) is 1.57. The maximum absolute atomic E-state index is 12.3. The van der Waals surface area contributed by atoms with E-state index in [4.69, 9.17) is 9.47 Å². The molecule has 1 saturated heterocycles. The molecule has 0 aromatic heterocycles. The summed E-state index contributed by atoms with van der Waals surface area (Å²) >= 11 is 0. The van der Waals surface area contributed by atoms with Gasteiger partial charge in [-0.3, -0.25) is 9.69 Å². The van der Waals surface area contributed by atoms with E-state index in [1.165, 1.54) is 4.90 Å². The van der Waals surface area contributed by atoms with Gasteiger partial charge in [-0.2, -0.15) is 0 Å². The first-order valence-corrected chi connectivity index (χ1v) is 7.17. The minimum absolute atomic E-state index is 0.228. The maximum atomic E-state index is 12.3. The normalized spacial score (nSPS) is 13.6. The standard InChI is InChI=1S/C17H16N2O4/c1-22-15-4-2-3-13(11-15)18-16(20)12-5-7-14(8-6-12)19-9-10-23-17(19)21/h2-8,11H,9-10H2,1H3,(H,18,20). The molecule has 23 heavy (non-hydrogen) atoms. The van der Waals surface area contributed by atoms with Crippen molar-refractivity contribution < 1.29 is 19.1 Å². The van der Waals surface area contributed by atoms with Crippen LogP contribution >= 0.6 is 0 Å². The van der Waals surface area contributed by atoms with Gasteiger partial charge in [0.25, 0.3) is 5.91 Å². The molecule has 1 aliphatic rings. The van der Waals surface area contributed by atoms with Crippen LogP contribution in [-0.2, 0) is 4.74 Å². The van der Waals surface area contributed by atoms with E-state index in [-0.39, 0.29) is 12.0 Å². The number of nitrogens with one attached hydrogen (secondary N) is 1. The van der Waals surface area contributed by atoms with Crippen LogP contribution in [0.4, 0.5) is 16.2 Å². The number of nitrogens with zero attached hydrogens (tertiary/aromatic N) is 1. The molecule has 0 spiro atoms. The molecule has 0 aliphatic carbocycles. The van der Waals surface area contributed by atoms with Crippen molar-refractivity contribution in [2.45, 2.75) is 0 Å². The summed E-state index contributed by atoms with van der Waals surface area (Å²) < 4.78 is 10.0. The molecule has 2 amide bonds. The summed E-state index contributed by atoms with van der Waals surface area (Å²) in [6.07, 6.45) is -0.362. The van der Waals surface area contributed by atoms with Gasteiger partial charge in [-0.05, 0) is 36.4 Å². The molecule has 2 aromatic carbocycles. The first-order valence-electron chi connectivity index (χ1n) is 7.17. The summed E-state index contributed by atoms with van der Waals surface area (Å²) in [5.74, 6) is 0.444. The number of cyclic esters (lactones) is 1. The number of hydrogen-bond acceptors (Lipinski definition) is 4. The minimum Gasteiger partial charge on any atom is -0.497 e. The van der Waals surface area contributed by atoms with Gasteiger partial charge in [0.15, 0.2) is 0 Å². The summed E-state index contributed by atoms with van der Waals surface area (Å²) in [5, 5.41) is 2.81. The summed E-state index contributed by atoms with van der Waals surface area (Å²) in [5.41, 5.74) is 1.87. The van der Waals surface area contributed by atoms with E-state index >= 15 is 0 Å². The van der Waals surface area contributed by atoms with Crippen LogP contribution in [0.25, 0.3) is 0 Å². The molecule has 1 fully saturated rings. The van der Waals surface area contributed by atoms with E-state index in [1.807, 2.05) is 0 Å². The van der Waals surface area contributed by atoms with Crippen LogP contribution in [-0.4, -0.2) is 32.3 Å². The lowest BCUT2D eigenvalue weighted by molar-refractivity contribution is 0.102. The molecule has 6 heteroatoms. The number of anilines is 2. The lowest BCUT2D eigenvalue weighted by atomic mass is 10.1. The molecule has 6 nitrogen and oxygen atoms in total. The molecule has 0 radical (unpaired) electrons. The van der Waals surface area contributed by atoms with Crippen molar-refractivity contribution >= 4 is 23.4 Å². The monoisotopic (exact) mass is 312 g/mol. The molecule has 1 heterocycles. The Morgan fingerprint density at radius 3 is 2.65 bits per heavy atom. The van der Waals surface area contributed by atoms with E-state index in [0.717, 1.165) is 0 Å². The summed E-state index contributed by atoms with van der Waals surface area (Å²) in [6, 6.07) is 13.9. The molecule has 0 bridgehead atoms. The second-order valence-electron chi connectivity index (χ2n) is 5.00. The van der Waals surface area contributed by atoms with Crippen molar-refractivity contribution in [1.82, 2.24) is 0 Å². The van der Waals surface area contributed by atoms with Crippen molar-refractivity contribution in [3.8, 4) is 5.75 Å². The van der Waals surface area contributed by atoms with Crippen LogP contribution < -0.4 is 15.0 Å². The number of carbonyl (C=O) groups is 2. The number of ether oxygens (including phenoxy) is 2. The molecule has 1 N–H and O–H groups in total. The smallest absolute Gasteiger partial charge is 0.414 e. The number of rotatable bonds is 4. The van der Waals surface area contributed by atoms with Gasteiger partial charge in [0, 0.05) is 23.0 Å². The van der Waals surface area contributed by atoms with Gasteiger partial charge in [0.05, 0.1) is 13.7 Å². The fraction of sp³-hybridized carbons (Fsp3) is 0.176. The van der Waals surface area contributed by atoms with Crippen LogP contribution in [0, 0.1) is 0 Å². The Balaban J connectivity index is 1.71. The van der Waals surface area contributed by atoms with Crippen molar-refractivity contribution in [1.29, 1.82) is 0 Å². The van der Waals surface area contributed by atoms with Crippen LogP contribution in [0.5, 0.6) is 5.75 Å². The topological polar surface area (TPSA) is 67.9 Å². The molecule has 118 valence electrons. The van der Waals surface area contributed by atoms with Crippen LogP contribution in [0.1, 0.15) is 10.4 Å². The highest BCUT2D eigenvalue weighted by atomic mass is 16.6. The molecule has 0 atom stereocenters. The zero-order valence-corrected chi connectivity index (χ0v) is 12.6. The van der Waals surface area contributed by atoms with Crippen LogP contribution in [0.2, 0.25) is 0 Å². The predicted molar refractivity (Wildman–Crippen MR) is 86.1 cm³/mol. The minimum atomic E-state index is -0.362. The number of methoxy groups -OCH3 is 1. The van der Waals surface area contributed by atoms with E-state index in [2.05, 4.69) is 5.32 Å². The Bertz CT molecular complexity index is 728. The van der Waals surface area contributed by atoms with Gasteiger partial charge in [-0.25, -0.2) is 4.79 Å². The third-order valence-electron chi connectivity index (χ3n) is 3.53. The SMILES string of the molecule is COc1cccc(NC(=O)c2ccc(N3CCOC3=O)cc2)c1. The lowest BCUT2D eigenvalue weighted by Gasteiger charge is -2.13. The van der Waals surface area contributed by atoms with Crippen LogP contribution in [0.15, 0.2) is 48.5 Å². The average Bonchev–Trinajstić information content (AvgIpc) is 3.01. The number of benzene rings is 2. The Kier molecular flexibility index (Phi) is 4.14. The second kappa shape index (κ2) is 6.39. The van der Waals surface area contributed by atoms with Crippen molar-refractivity contribution in [3.63, 3.8) is 0 Å². The van der Waals surface area contributed by atoms with Gasteiger partial charge in [0.1, 0.15) is 12.4 Å². The predicted octanol–water partition coefficient (Wildman–Crippen LogP) is 2.90. The zero-order valence-electron chi connectivity index (χ0n) is 12.6. The van der Waals surface area contributed by atoms with Crippen LogP contribution in [0.3, 0.4) is 0 Å². The van der Waals surface area contributed by atoms with E-state index in [1.54, 1.807) is 55.6 Å². The number of carbonyl (C=O) groups excluding carboxylic acids is 2. The lowest BCUT2D eigenvalue weighted by Crippen LogP contribution is -2.23. The van der Waals surface area contributed by atoms with E-state index in [9.17, 15) is 9.59 Å². The van der Waals surface area contributed by atoms with Crippen molar-refractivity contribution in [3.05, 3.63) is 54.1 Å². The second-order valence-corrected chi connectivity index (χ2v) is 5.00. The third kappa shape index (κ3) is 3.26. The number of amides is 2. The average molecular weight is 312 g/mol. The first-order chi connectivity index (χ1) is 11.2. The van der Waals surface area contributed by atoms with Gasteiger partial charge >= 0.3 is 6.09 Å². The highest BCUT2D eigenvalue weighted by molar-refractivity contribution is 6.04. The molecule has 2 aromatic rings. The molecule has 0 unspecified atom stereocenters. The first kappa shape index (κ1) is 14.9.